The molecule has 1 N–H and O–H groups in total. The molecule has 1 aromatic rings. The number of aliphatic hydroxyl groups excluding tert-OH is 1. The topological polar surface area (TPSA) is 46.5 Å². The predicted molar refractivity (Wildman–Crippen MR) is 150 cm³/mol. The third kappa shape index (κ3) is 4.95. The summed E-state index contributed by atoms with van der Waals surface area (Å²) < 4.78 is 5.99. The Morgan fingerprint density at radius 3 is 2.49 bits per heavy atom. The summed E-state index contributed by atoms with van der Waals surface area (Å²) in [6.45, 7) is 11.9. The van der Waals surface area contributed by atoms with Crippen molar-refractivity contribution in [3.63, 3.8) is 0 Å². The molecule has 5 rings (SSSR count). The fraction of sp³-hybridized carbons (Fsp3) is 0.735. The molecule has 0 radical (unpaired) electrons. The van der Waals surface area contributed by atoms with Crippen molar-refractivity contribution in [3.05, 3.63) is 47.5 Å². The second-order valence-corrected chi connectivity index (χ2v) is 14.0. The number of aliphatic hydroxyl groups is 1. The number of carbonyl (C=O) groups is 1. The molecule has 0 heterocycles. The zero-order chi connectivity index (χ0) is 26.4. The average molecular weight is 507 g/mol. The third-order valence-electron chi connectivity index (χ3n) is 11.8. The van der Waals surface area contributed by atoms with Crippen LogP contribution in [0.5, 0.6) is 0 Å². The first-order valence-corrected chi connectivity index (χ1v) is 15.3. The molecular weight excluding hydrogens is 456 g/mol. The molecule has 0 amide bonds. The van der Waals surface area contributed by atoms with E-state index in [4.69, 9.17) is 4.74 Å². The van der Waals surface area contributed by atoms with E-state index >= 15 is 0 Å². The highest BCUT2D eigenvalue weighted by Gasteiger charge is 2.59. The van der Waals surface area contributed by atoms with Gasteiger partial charge in [0.05, 0.1) is 11.7 Å². The van der Waals surface area contributed by atoms with Crippen LogP contribution in [0.25, 0.3) is 0 Å². The number of allylic oxidation sites excluding steroid dienone is 1. The highest BCUT2D eigenvalue weighted by Crippen LogP contribution is 2.67. The van der Waals surface area contributed by atoms with Gasteiger partial charge in [-0.15, -0.1) is 0 Å². The molecular formula is C34H50O3. The van der Waals surface area contributed by atoms with E-state index in [1.165, 1.54) is 32.1 Å². The summed E-state index contributed by atoms with van der Waals surface area (Å²) in [6.07, 6.45) is 14.2. The van der Waals surface area contributed by atoms with Gasteiger partial charge in [-0.2, -0.15) is 0 Å². The van der Waals surface area contributed by atoms with Gasteiger partial charge in [-0.3, -0.25) is 0 Å². The molecule has 1 aromatic carbocycles. The molecule has 4 aliphatic carbocycles. The van der Waals surface area contributed by atoms with E-state index in [-0.39, 0.29) is 23.6 Å². The largest absolute Gasteiger partial charge is 0.458 e. The number of ether oxygens (including phenoxy) is 1. The number of rotatable bonds is 7. The lowest BCUT2D eigenvalue weighted by Gasteiger charge is -2.58. The van der Waals surface area contributed by atoms with Crippen LogP contribution in [0.2, 0.25) is 0 Å². The molecule has 37 heavy (non-hydrogen) atoms. The monoisotopic (exact) mass is 506 g/mol. The van der Waals surface area contributed by atoms with Crippen LogP contribution in [0.15, 0.2) is 42.0 Å². The number of hydrogen-bond donors (Lipinski definition) is 1. The van der Waals surface area contributed by atoms with Crippen molar-refractivity contribution in [1.29, 1.82) is 0 Å². The van der Waals surface area contributed by atoms with Crippen LogP contribution in [0.3, 0.4) is 0 Å². The van der Waals surface area contributed by atoms with Crippen LogP contribution in [-0.2, 0) is 4.74 Å². The van der Waals surface area contributed by atoms with Crippen molar-refractivity contribution in [2.45, 2.75) is 111 Å². The van der Waals surface area contributed by atoms with Gasteiger partial charge in [-0.25, -0.2) is 4.79 Å². The van der Waals surface area contributed by atoms with Gasteiger partial charge in [-0.1, -0.05) is 64.5 Å². The molecule has 0 bridgehead atoms. The molecule has 1 unspecified atom stereocenters. The van der Waals surface area contributed by atoms with Crippen LogP contribution in [0, 0.1) is 46.3 Å². The minimum absolute atomic E-state index is 0.00957. The molecule has 0 spiro atoms. The minimum atomic E-state index is -0.177. The number of fused-ring (bicyclic) bond motifs is 5. The van der Waals surface area contributed by atoms with E-state index in [1.807, 2.05) is 30.3 Å². The van der Waals surface area contributed by atoms with E-state index in [2.05, 4.69) is 40.7 Å². The van der Waals surface area contributed by atoms with Gasteiger partial charge in [-0.05, 0) is 116 Å². The Balaban J connectivity index is 1.25. The first-order chi connectivity index (χ1) is 17.6. The standard InChI is InChI=1S/C34H50O3/c1-22(2)31(35)16-11-23(3)28-14-15-29-27-13-12-25-21-26(37-32(36)24-9-7-6-8-10-24)17-19-33(25,4)30(27)18-20-34(28,29)5/h6-10,12,22-23,26-31,35H,11,13-21H2,1-5H3/t23-,26+,27+,28-,29+,30+,31?,33+,34-/m1/s1. The van der Waals surface area contributed by atoms with Crippen molar-refractivity contribution in [1.82, 2.24) is 0 Å². The van der Waals surface area contributed by atoms with Gasteiger partial charge in [0.1, 0.15) is 6.10 Å². The van der Waals surface area contributed by atoms with E-state index < -0.39 is 0 Å². The Hall–Kier alpha value is -1.61. The Kier molecular flexibility index (Phi) is 7.66. The maximum absolute atomic E-state index is 12.7. The molecule has 9 atom stereocenters. The van der Waals surface area contributed by atoms with Gasteiger partial charge in [0, 0.05) is 6.42 Å². The van der Waals surface area contributed by atoms with Crippen molar-refractivity contribution >= 4 is 5.97 Å². The summed E-state index contributed by atoms with van der Waals surface area (Å²) in [4.78, 5) is 12.7. The van der Waals surface area contributed by atoms with Gasteiger partial charge in [0.15, 0.2) is 0 Å². The van der Waals surface area contributed by atoms with Crippen LogP contribution in [0.1, 0.15) is 109 Å². The lowest BCUT2D eigenvalue weighted by Crippen LogP contribution is -2.51. The number of hydrogen-bond acceptors (Lipinski definition) is 3. The van der Waals surface area contributed by atoms with E-state index in [0.29, 0.717) is 22.8 Å². The van der Waals surface area contributed by atoms with Gasteiger partial charge in [0.25, 0.3) is 0 Å². The summed E-state index contributed by atoms with van der Waals surface area (Å²) in [5.74, 6) is 4.07. The molecule has 3 saturated carbocycles. The third-order valence-corrected chi connectivity index (χ3v) is 11.8. The second-order valence-electron chi connectivity index (χ2n) is 14.0. The van der Waals surface area contributed by atoms with Crippen molar-refractivity contribution in [2.75, 3.05) is 0 Å². The van der Waals surface area contributed by atoms with Crippen molar-refractivity contribution in [2.24, 2.45) is 46.3 Å². The normalized spacial score (nSPS) is 38.7. The molecule has 3 heteroatoms. The lowest BCUT2D eigenvalue weighted by molar-refractivity contribution is -0.0600. The number of esters is 1. The van der Waals surface area contributed by atoms with Crippen LogP contribution in [0.4, 0.5) is 0 Å². The van der Waals surface area contributed by atoms with Crippen LogP contribution >= 0.6 is 0 Å². The van der Waals surface area contributed by atoms with Crippen molar-refractivity contribution in [3.8, 4) is 0 Å². The number of carbonyl (C=O) groups excluding carboxylic acids is 1. The Morgan fingerprint density at radius 2 is 1.76 bits per heavy atom. The van der Waals surface area contributed by atoms with Gasteiger partial charge in [0.2, 0.25) is 0 Å². The summed E-state index contributed by atoms with van der Waals surface area (Å²) in [5.41, 5.74) is 2.95. The quantitative estimate of drug-likeness (QED) is 0.299. The fourth-order valence-electron chi connectivity index (χ4n) is 9.47. The fourth-order valence-corrected chi connectivity index (χ4v) is 9.47. The van der Waals surface area contributed by atoms with Gasteiger partial charge >= 0.3 is 5.97 Å². The van der Waals surface area contributed by atoms with E-state index in [1.54, 1.807) is 5.57 Å². The maximum Gasteiger partial charge on any atom is 0.338 e. The molecule has 0 aliphatic heterocycles. The maximum atomic E-state index is 12.7. The Bertz CT molecular complexity index is 982. The molecule has 204 valence electrons. The zero-order valence-corrected chi connectivity index (χ0v) is 23.9. The smallest absolute Gasteiger partial charge is 0.338 e. The highest BCUT2D eigenvalue weighted by molar-refractivity contribution is 5.89. The Labute approximate surface area is 225 Å². The average Bonchev–Trinajstić information content (AvgIpc) is 3.25. The summed E-state index contributed by atoms with van der Waals surface area (Å²) in [5, 5.41) is 10.4. The van der Waals surface area contributed by atoms with Crippen molar-refractivity contribution < 1.29 is 14.6 Å². The second kappa shape index (κ2) is 10.5. The summed E-state index contributed by atoms with van der Waals surface area (Å²) in [6, 6.07) is 9.44. The molecule has 0 aromatic heterocycles. The molecule has 0 saturated heterocycles. The number of benzene rings is 1. The highest BCUT2D eigenvalue weighted by atomic mass is 16.5. The minimum Gasteiger partial charge on any atom is -0.458 e. The van der Waals surface area contributed by atoms with Crippen LogP contribution < -0.4 is 0 Å². The SMILES string of the molecule is CC(C)C(O)CC[C@@H](C)[C@H]1CC[C@H]2[C@@H]3CC=C4C[C@@H](OC(=O)c5ccccc5)CC[C@]4(C)[C@H]3CC[C@]12C. The lowest BCUT2D eigenvalue weighted by atomic mass is 9.47. The van der Waals surface area contributed by atoms with Gasteiger partial charge < -0.3 is 9.84 Å². The molecule has 3 nitrogen and oxygen atoms in total. The predicted octanol–water partition coefficient (Wildman–Crippen LogP) is 8.22. The van der Waals surface area contributed by atoms with E-state index in [0.717, 1.165) is 55.8 Å². The first-order valence-electron chi connectivity index (χ1n) is 15.3. The van der Waals surface area contributed by atoms with Crippen LogP contribution in [-0.4, -0.2) is 23.3 Å². The molecule has 4 aliphatic rings. The Morgan fingerprint density at radius 1 is 1.00 bits per heavy atom. The summed E-state index contributed by atoms with van der Waals surface area (Å²) >= 11 is 0. The van der Waals surface area contributed by atoms with E-state index in [9.17, 15) is 9.90 Å². The zero-order valence-electron chi connectivity index (χ0n) is 23.9. The first kappa shape index (κ1) is 27.0. The summed E-state index contributed by atoms with van der Waals surface area (Å²) in [7, 11) is 0. The molecule has 3 fully saturated rings.